The Labute approximate surface area is 129 Å². The van der Waals surface area contributed by atoms with Crippen LogP contribution in [0.25, 0.3) is 10.6 Å². The smallest absolute Gasteiger partial charge is 0.123 e. The number of rotatable bonds is 4. The first-order chi connectivity index (χ1) is 10.1. The predicted octanol–water partition coefficient (Wildman–Crippen LogP) is 4.76. The van der Waals surface area contributed by atoms with E-state index in [1.807, 2.05) is 0 Å². The number of nitrogens with zero attached hydrogens (tertiary/aromatic N) is 1. The van der Waals surface area contributed by atoms with Gasteiger partial charge >= 0.3 is 0 Å². The van der Waals surface area contributed by atoms with Crippen molar-refractivity contribution in [1.29, 1.82) is 0 Å². The van der Waals surface area contributed by atoms with Crippen LogP contribution in [0.3, 0.4) is 0 Å². The number of aromatic nitrogens is 1. The molecule has 0 aliphatic heterocycles. The molecular weight excluding hydrogens is 283 g/mol. The van der Waals surface area contributed by atoms with Crippen molar-refractivity contribution in [2.24, 2.45) is 0 Å². The summed E-state index contributed by atoms with van der Waals surface area (Å²) in [5, 5.41) is 6.73. The largest absolute Gasteiger partial charge is 0.306 e. The van der Waals surface area contributed by atoms with E-state index in [1.165, 1.54) is 44.2 Å². The Morgan fingerprint density at radius 1 is 1.19 bits per heavy atom. The molecule has 1 aromatic heterocycles. The van der Waals surface area contributed by atoms with Crippen LogP contribution in [0.15, 0.2) is 29.6 Å². The van der Waals surface area contributed by atoms with E-state index in [9.17, 15) is 4.39 Å². The molecule has 0 unspecified atom stereocenters. The Kier molecular flexibility index (Phi) is 4.36. The van der Waals surface area contributed by atoms with Gasteiger partial charge < -0.3 is 5.32 Å². The van der Waals surface area contributed by atoms with E-state index in [1.54, 1.807) is 23.5 Å². The van der Waals surface area contributed by atoms with Crippen LogP contribution >= 0.6 is 11.3 Å². The van der Waals surface area contributed by atoms with Crippen LogP contribution in [0.2, 0.25) is 0 Å². The molecule has 0 radical (unpaired) electrons. The van der Waals surface area contributed by atoms with Gasteiger partial charge in [0.25, 0.3) is 0 Å². The van der Waals surface area contributed by atoms with Gasteiger partial charge in [0.15, 0.2) is 0 Å². The van der Waals surface area contributed by atoms with Crippen molar-refractivity contribution >= 4 is 11.3 Å². The maximum Gasteiger partial charge on any atom is 0.123 e. The zero-order valence-electron chi connectivity index (χ0n) is 12.4. The molecule has 112 valence electrons. The molecule has 4 heteroatoms. The zero-order chi connectivity index (χ0) is 14.7. The molecule has 1 aliphatic rings. The summed E-state index contributed by atoms with van der Waals surface area (Å²) < 4.78 is 12.9. The summed E-state index contributed by atoms with van der Waals surface area (Å²) in [7, 11) is 0. The van der Waals surface area contributed by atoms with Crippen LogP contribution in [-0.4, -0.2) is 10.5 Å². The molecule has 0 saturated heterocycles. The number of halogens is 1. The molecule has 0 bridgehead atoms. The van der Waals surface area contributed by atoms with E-state index in [-0.39, 0.29) is 11.4 Å². The molecule has 1 aromatic carbocycles. The summed E-state index contributed by atoms with van der Waals surface area (Å²) in [6, 6.07) is 6.54. The molecule has 0 spiro atoms. The standard InChI is InChI=1S/C17H21FN2S/c1-17(9-3-2-4-10-17)19-11-15-12-21-16(20-15)13-5-7-14(18)8-6-13/h5-8,12,19H,2-4,9-11H2,1H3. The van der Waals surface area contributed by atoms with Gasteiger partial charge in [-0.1, -0.05) is 19.3 Å². The first kappa shape index (κ1) is 14.7. The van der Waals surface area contributed by atoms with Gasteiger partial charge in [0.05, 0.1) is 5.69 Å². The molecule has 21 heavy (non-hydrogen) atoms. The highest BCUT2D eigenvalue weighted by Gasteiger charge is 2.25. The number of thiazole rings is 1. The van der Waals surface area contributed by atoms with E-state index in [0.717, 1.165) is 22.8 Å². The summed E-state index contributed by atoms with van der Waals surface area (Å²) in [4.78, 5) is 4.66. The van der Waals surface area contributed by atoms with Crippen LogP contribution in [-0.2, 0) is 6.54 Å². The third-order valence-electron chi connectivity index (χ3n) is 4.30. The molecule has 1 fully saturated rings. The number of hydrogen-bond acceptors (Lipinski definition) is 3. The molecule has 0 amide bonds. The fraction of sp³-hybridized carbons (Fsp3) is 0.471. The summed E-state index contributed by atoms with van der Waals surface area (Å²) in [5.41, 5.74) is 2.32. The average Bonchev–Trinajstić information content (AvgIpc) is 2.96. The number of benzene rings is 1. The number of hydrogen-bond donors (Lipinski definition) is 1. The molecular formula is C17H21FN2S. The lowest BCUT2D eigenvalue weighted by atomic mass is 9.83. The second kappa shape index (κ2) is 6.24. The Bertz CT molecular complexity index is 585. The maximum atomic E-state index is 12.9. The normalized spacial score (nSPS) is 17.8. The van der Waals surface area contributed by atoms with Crippen molar-refractivity contribution in [3.63, 3.8) is 0 Å². The maximum absolute atomic E-state index is 12.9. The predicted molar refractivity (Wildman–Crippen MR) is 85.8 cm³/mol. The van der Waals surface area contributed by atoms with E-state index in [0.29, 0.717) is 0 Å². The van der Waals surface area contributed by atoms with Crippen LogP contribution in [0.4, 0.5) is 4.39 Å². The Morgan fingerprint density at radius 2 is 1.90 bits per heavy atom. The summed E-state index contributed by atoms with van der Waals surface area (Å²) in [5.74, 6) is -0.206. The fourth-order valence-corrected chi connectivity index (χ4v) is 3.75. The van der Waals surface area contributed by atoms with E-state index < -0.39 is 0 Å². The van der Waals surface area contributed by atoms with Gasteiger partial charge in [-0.15, -0.1) is 11.3 Å². The molecule has 1 saturated carbocycles. The summed E-state index contributed by atoms with van der Waals surface area (Å²) in [6.07, 6.45) is 6.51. The quantitative estimate of drug-likeness (QED) is 0.880. The van der Waals surface area contributed by atoms with Gasteiger partial charge in [-0.2, -0.15) is 0 Å². The lowest BCUT2D eigenvalue weighted by molar-refractivity contribution is 0.251. The molecule has 2 nitrogen and oxygen atoms in total. The van der Waals surface area contributed by atoms with Gasteiger partial charge in [0, 0.05) is 23.0 Å². The topological polar surface area (TPSA) is 24.9 Å². The highest BCUT2D eigenvalue weighted by atomic mass is 32.1. The van der Waals surface area contributed by atoms with Crippen LogP contribution in [0.5, 0.6) is 0 Å². The van der Waals surface area contributed by atoms with Crippen LogP contribution in [0, 0.1) is 5.82 Å². The van der Waals surface area contributed by atoms with Crippen molar-refractivity contribution in [3.05, 3.63) is 41.2 Å². The Hall–Kier alpha value is -1.26. The lowest BCUT2D eigenvalue weighted by Crippen LogP contribution is -2.43. The number of nitrogens with one attached hydrogen (secondary N) is 1. The van der Waals surface area contributed by atoms with Crippen molar-refractivity contribution in [1.82, 2.24) is 10.3 Å². The molecule has 1 aliphatic carbocycles. The monoisotopic (exact) mass is 304 g/mol. The van der Waals surface area contributed by atoms with Crippen molar-refractivity contribution < 1.29 is 4.39 Å². The van der Waals surface area contributed by atoms with Crippen molar-refractivity contribution in [3.8, 4) is 10.6 Å². The SMILES string of the molecule is CC1(NCc2csc(-c3ccc(F)cc3)n2)CCCCC1. The van der Waals surface area contributed by atoms with Crippen molar-refractivity contribution in [2.45, 2.75) is 51.1 Å². The van der Waals surface area contributed by atoms with Crippen LogP contribution in [0.1, 0.15) is 44.7 Å². The lowest BCUT2D eigenvalue weighted by Gasteiger charge is -2.34. The Balaban J connectivity index is 1.63. The third-order valence-corrected chi connectivity index (χ3v) is 5.24. The van der Waals surface area contributed by atoms with Crippen molar-refractivity contribution in [2.75, 3.05) is 0 Å². The second-order valence-electron chi connectivity index (χ2n) is 6.13. The summed E-state index contributed by atoms with van der Waals surface area (Å²) >= 11 is 1.62. The highest BCUT2D eigenvalue weighted by molar-refractivity contribution is 7.13. The van der Waals surface area contributed by atoms with E-state index >= 15 is 0 Å². The molecule has 2 aromatic rings. The van der Waals surface area contributed by atoms with Gasteiger partial charge in [-0.3, -0.25) is 0 Å². The molecule has 0 atom stereocenters. The second-order valence-corrected chi connectivity index (χ2v) is 6.98. The average molecular weight is 304 g/mol. The minimum atomic E-state index is -0.206. The Morgan fingerprint density at radius 3 is 2.62 bits per heavy atom. The summed E-state index contributed by atoms with van der Waals surface area (Å²) in [6.45, 7) is 3.13. The van der Waals surface area contributed by atoms with E-state index in [2.05, 4.69) is 22.6 Å². The fourth-order valence-electron chi connectivity index (χ4n) is 2.93. The molecule has 1 N–H and O–H groups in total. The first-order valence-electron chi connectivity index (χ1n) is 7.60. The van der Waals surface area contributed by atoms with Gasteiger partial charge in [0.1, 0.15) is 10.8 Å². The first-order valence-corrected chi connectivity index (χ1v) is 8.48. The minimum absolute atomic E-state index is 0.206. The third kappa shape index (κ3) is 3.69. The minimum Gasteiger partial charge on any atom is -0.306 e. The highest BCUT2D eigenvalue weighted by Crippen LogP contribution is 2.28. The van der Waals surface area contributed by atoms with Gasteiger partial charge in [-0.05, 0) is 44.0 Å². The molecule has 3 rings (SSSR count). The van der Waals surface area contributed by atoms with Gasteiger partial charge in [0.2, 0.25) is 0 Å². The zero-order valence-corrected chi connectivity index (χ0v) is 13.2. The molecule has 1 heterocycles. The van der Waals surface area contributed by atoms with E-state index in [4.69, 9.17) is 0 Å². The van der Waals surface area contributed by atoms with Gasteiger partial charge in [-0.25, -0.2) is 9.37 Å². The van der Waals surface area contributed by atoms with Crippen LogP contribution < -0.4 is 5.32 Å².